The van der Waals surface area contributed by atoms with Gasteiger partial charge >= 0.3 is 0 Å². The van der Waals surface area contributed by atoms with Gasteiger partial charge in [0, 0.05) is 24.8 Å². The molecule has 0 radical (unpaired) electrons. The summed E-state index contributed by atoms with van der Waals surface area (Å²) in [4.78, 5) is 17.8. The average Bonchev–Trinajstić information content (AvgIpc) is 2.91. The van der Waals surface area contributed by atoms with Gasteiger partial charge in [0.15, 0.2) is 0 Å². The topological polar surface area (TPSA) is 64.3 Å². The maximum atomic E-state index is 14.9. The first-order valence-electron chi connectivity index (χ1n) is 10.4. The maximum absolute atomic E-state index is 14.9. The summed E-state index contributed by atoms with van der Waals surface area (Å²) >= 11 is 0. The molecule has 0 heterocycles. The molecule has 26 heavy (non-hydrogen) atoms. The minimum absolute atomic E-state index is 0.0129. The van der Waals surface area contributed by atoms with Crippen LogP contribution in [0.3, 0.4) is 0 Å². The molecule has 0 bridgehead atoms. The van der Waals surface area contributed by atoms with Gasteiger partial charge in [-0.05, 0) is 67.6 Å². The molecule has 4 nitrogen and oxygen atoms in total. The Bertz CT molecular complexity index is 621. The largest absolute Gasteiger partial charge is 0.328 e. The number of ketones is 1. The van der Waals surface area contributed by atoms with Crippen LogP contribution >= 0.6 is 0 Å². The fourth-order valence-corrected chi connectivity index (χ4v) is 7.01. The first-order valence-corrected chi connectivity index (χ1v) is 10.4. The van der Waals surface area contributed by atoms with E-state index in [1.165, 1.54) is 6.42 Å². The number of hydrogen-bond donors (Lipinski definition) is 2. The van der Waals surface area contributed by atoms with E-state index in [9.17, 15) is 9.18 Å². The number of halogens is 1. The standard InChI is InChI=1S/C21H33FN2O2/c1-20-8-7-16-14(15(20)5-6-19(20)25)4-3-13-11-18(24-26-10-9-23)17(22)12-21(13,16)2/h13-16,24H,3-12,23H2,1-2H3/t13?,14-,15-,16+,20-,21-/m0/s1. The number of hydroxylamine groups is 1. The van der Waals surface area contributed by atoms with Gasteiger partial charge in [-0.15, -0.1) is 0 Å². The van der Waals surface area contributed by atoms with Crippen LogP contribution in [0.1, 0.15) is 65.2 Å². The molecule has 0 saturated heterocycles. The molecule has 0 aromatic rings. The predicted octanol–water partition coefficient (Wildman–Crippen LogP) is 3.87. The molecule has 3 saturated carbocycles. The summed E-state index contributed by atoms with van der Waals surface area (Å²) in [5.74, 6) is 2.59. The van der Waals surface area contributed by atoms with E-state index >= 15 is 0 Å². The summed E-state index contributed by atoms with van der Waals surface area (Å²) < 4.78 is 14.9. The first-order chi connectivity index (χ1) is 12.4. The highest BCUT2D eigenvalue weighted by Crippen LogP contribution is 2.65. The van der Waals surface area contributed by atoms with E-state index in [0.717, 1.165) is 38.5 Å². The second-order valence-electron chi connectivity index (χ2n) is 9.58. The third-order valence-corrected chi connectivity index (χ3v) is 8.50. The van der Waals surface area contributed by atoms with Crippen LogP contribution in [0, 0.1) is 34.5 Å². The normalized spacial score (nSPS) is 45.2. The van der Waals surface area contributed by atoms with Gasteiger partial charge in [-0.2, -0.15) is 0 Å². The van der Waals surface area contributed by atoms with Gasteiger partial charge in [0.05, 0.1) is 12.3 Å². The van der Waals surface area contributed by atoms with Crippen molar-refractivity contribution in [2.75, 3.05) is 13.2 Å². The van der Waals surface area contributed by atoms with E-state index in [2.05, 4.69) is 19.3 Å². The Morgan fingerprint density at radius 2 is 2.04 bits per heavy atom. The summed E-state index contributed by atoms with van der Waals surface area (Å²) in [5, 5.41) is 0. The maximum Gasteiger partial charge on any atom is 0.139 e. The SMILES string of the molecule is C[C@]12CC(F)=C(NOCCN)CC1CC[C@@H]1[C@H]2CC[C@]2(C)C(=O)CC[C@@H]12. The van der Waals surface area contributed by atoms with Crippen molar-refractivity contribution in [2.45, 2.75) is 65.2 Å². The Balaban J connectivity index is 1.55. The summed E-state index contributed by atoms with van der Waals surface area (Å²) in [6, 6.07) is 0. The Morgan fingerprint density at radius 1 is 1.23 bits per heavy atom. The van der Waals surface area contributed by atoms with Gasteiger partial charge in [-0.3, -0.25) is 15.1 Å². The Hall–Kier alpha value is -0.940. The zero-order chi connectivity index (χ0) is 18.5. The lowest BCUT2D eigenvalue weighted by Gasteiger charge is -2.59. The third-order valence-electron chi connectivity index (χ3n) is 8.50. The Morgan fingerprint density at radius 3 is 2.81 bits per heavy atom. The van der Waals surface area contributed by atoms with Gasteiger partial charge in [-0.1, -0.05) is 13.8 Å². The molecule has 0 amide bonds. The molecule has 5 heteroatoms. The molecule has 0 aromatic carbocycles. The fraction of sp³-hybridized carbons (Fsp3) is 0.857. The van der Waals surface area contributed by atoms with Crippen molar-refractivity contribution in [2.24, 2.45) is 40.2 Å². The summed E-state index contributed by atoms with van der Waals surface area (Å²) in [5.41, 5.74) is 8.80. The molecule has 4 aliphatic rings. The van der Waals surface area contributed by atoms with Gasteiger partial charge in [0.25, 0.3) is 0 Å². The zero-order valence-corrected chi connectivity index (χ0v) is 16.2. The molecule has 6 atom stereocenters. The quantitative estimate of drug-likeness (QED) is 0.587. The van der Waals surface area contributed by atoms with Crippen molar-refractivity contribution in [1.82, 2.24) is 5.48 Å². The van der Waals surface area contributed by atoms with Crippen molar-refractivity contribution in [3.63, 3.8) is 0 Å². The first kappa shape index (κ1) is 18.4. The van der Waals surface area contributed by atoms with Gasteiger partial charge < -0.3 is 5.73 Å². The zero-order valence-electron chi connectivity index (χ0n) is 16.2. The highest BCUT2D eigenvalue weighted by atomic mass is 19.1. The monoisotopic (exact) mass is 364 g/mol. The van der Waals surface area contributed by atoms with E-state index in [4.69, 9.17) is 10.6 Å². The summed E-state index contributed by atoms with van der Waals surface area (Å²) in [6.07, 6.45) is 7.44. The second-order valence-corrected chi connectivity index (χ2v) is 9.58. The lowest BCUT2D eigenvalue weighted by atomic mass is 9.46. The van der Waals surface area contributed by atoms with E-state index in [1.807, 2.05) is 0 Å². The number of rotatable bonds is 4. The van der Waals surface area contributed by atoms with E-state index in [0.29, 0.717) is 54.7 Å². The lowest BCUT2D eigenvalue weighted by molar-refractivity contribution is -0.137. The van der Waals surface area contributed by atoms with E-state index < -0.39 is 0 Å². The van der Waals surface area contributed by atoms with Crippen molar-refractivity contribution >= 4 is 5.78 Å². The number of allylic oxidation sites excluding steroid dienone is 2. The molecule has 0 aliphatic heterocycles. The molecule has 146 valence electrons. The molecular weight excluding hydrogens is 331 g/mol. The minimum atomic E-state index is -0.101. The second kappa shape index (κ2) is 6.59. The summed E-state index contributed by atoms with van der Waals surface area (Å²) in [7, 11) is 0. The highest BCUT2D eigenvalue weighted by Gasteiger charge is 2.60. The molecule has 3 N–H and O–H groups in total. The van der Waals surface area contributed by atoms with Crippen LogP contribution in [0.2, 0.25) is 0 Å². The number of nitrogens with two attached hydrogens (primary N) is 1. The molecule has 0 spiro atoms. The molecular formula is C21H33FN2O2. The molecule has 4 aliphatic carbocycles. The predicted molar refractivity (Wildman–Crippen MR) is 98.4 cm³/mol. The number of carbonyl (C=O) groups is 1. The van der Waals surface area contributed by atoms with Crippen LogP contribution in [-0.2, 0) is 9.63 Å². The van der Waals surface area contributed by atoms with Crippen LogP contribution in [0.4, 0.5) is 4.39 Å². The van der Waals surface area contributed by atoms with Crippen molar-refractivity contribution < 1.29 is 14.0 Å². The van der Waals surface area contributed by atoms with E-state index in [1.54, 1.807) is 0 Å². The minimum Gasteiger partial charge on any atom is -0.328 e. The van der Waals surface area contributed by atoms with Gasteiger partial charge in [-0.25, -0.2) is 4.39 Å². The van der Waals surface area contributed by atoms with Crippen molar-refractivity contribution in [3.8, 4) is 0 Å². The Kier molecular flexibility index (Phi) is 4.67. The fourth-order valence-electron chi connectivity index (χ4n) is 7.01. The number of nitrogens with one attached hydrogen (secondary N) is 1. The summed E-state index contributed by atoms with van der Waals surface area (Å²) in [6.45, 7) is 5.32. The average molecular weight is 365 g/mol. The number of hydrogen-bond acceptors (Lipinski definition) is 4. The van der Waals surface area contributed by atoms with Gasteiger partial charge in [0.2, 0.25) is 0 Å². The van der Waals surface area contributed by atoms with Crippen LogP contribution in [-0.4, -0.2) is 18.9 Å². The smallest absolute Gasteiger partial charge is 0.139 e. The lowest BCUT2D eigenvalue weighted by Crippen LogP contribution is -2.53. The molecule has 4 rings (SSSR count). The number of fused-ring (bicyclic) bond motifs is 5. The molecule has 0 aromatic heterocycles. The van der Waals surface area contributed by atoms with E-state index in [-0.39, 0.29) is 16.7 Å². The molecule has 3 fully saturated rings. The van der Waals surface area contributed by atoms with Crippen LogP contribution in [0.25, 0.3) is 0 Å². The van der Waals surface area contributed by atoms with Gasteiger partial charge in [0.1, 0.15) is 11.6 Å². The third kappa shape index (κ3) is 2.65. The highest BCUT2D eigenvalue weighted by molar-refractivity contribution is 5.87. The Labute approximate surface area is 156 Å². The number of Topliss-reactive ketones (excluding diaryl/α,β-unsaturated/α-hetero) is 1. The van der Waals surface area contributed by atoms with Crippen molar-refractivity contribution in [1.29, 1.82) is 0 Å². The van der Waals surface area contributed by atoms with Crippen LogP contribution in [0.5, 0.6) is 0 Å². The van der Waals surface area contributed by atoms with Crippen LogP contribution in [0.15, 0.2) is 11.5 Å². The van der Waals surface area contributed by atoms with Crippen molar-refractivity contribution in [3.05, 3.63) is 11.5 Å². The molecule has 1 unspecified atom stereocenters. The van der Waals surface area contributed by atoms with Crippen LogP contribution < -0.4 is 11.2 Å². The number of carbonyl (C=O) groups excluding carboxylic acids is 1.